The fourth-order valence-electron chi connectivity index (χ4n) is 5.27. The second kappa shape index (κ2) is 10.2. The second-order valence-electron chi connectivity index (χ2n) is 10.4. The molecule has 1 saturated heterocycles. The number of benzene rings is 1. The molecular weight excluding hydrogens is 507 g/mol. The topological polar surface area (TPSA) is 141 Å². The SMILES string of the molecule is CC1(C)O/C(=C2/C(=O)Nc3ccc(F)cc32)C=C1c1ccc(CCN2C[C@H](O)C[C@H]2C(=O)NCC(=O)O)nc1. The summed E-state index contributed by atoms with van der Waals surface area (Å²) in [5, 5.41) is 24.0. The highest BCUT2D eigenvalue weighted by Crippen LogP contribution is 2.44. The molecule has 2 aromatic rings. The number of nitrogens with zero attached hydrogens (tertiary/aromatic N) is 2. The zero-order valence-electron chi connectivity index (χ0n) is 21.5. The molecule has 4 N–H and O–H groups in total. The molecule has 10 nitrogen and oxygen atoms in total. The quantitative estimate of drug-likeness (QED) is 0.394. The van der Waals surface area contributed by atoms with Gasteiger partial charge in [-0.05, 0) is 50.6 Å². The zero-order chi connectivity index (χ0) is 27.9. The molecule has 0 radical (unpaired) electrons. The van der Waals surface area contributed by atoms with Crippen LogP contribution in [0.1, 0.15) is 37.1 Å². The Hall–Kier alpha value is -4.09. The van der Waals surface area contributed by atoms with Crippen LogP contribution in [0.15, 0.2) is 48.4 Å². The number of ether oxygens (including phenoxy) is 1. The van der Waals surface area contributed by atoms with E-state index in [2.05, 4.69) is 15.6 Å². The summed E-state index contributed by atoms with van der Waals surface area (Å²) in [5.41, 5.74) is 2.92. The third-order valence-electron chi connectivity index (χ3n) is 7.15. The number of aromatic nitrogens is 1. The normalized spacial score (nSPS) is 23.7. The number of hydrogen-bond acceptors (Lipinski definition) is 7. The summed E-state index contributed by atoms with van der Waals surface area (Å²) in [4.78, 5) is 42.2. The van der Waals surface area contributed by atoms with Crippen LogP contribution < -0.4 is 10.6 Å². The summed E-state index contributed by atoms with van der Waals surface area (Å²) >= 11 is 0. The largest absolute Gasteiger partial charge is 0.482 e. The predicted molar refractivity (Wildman–Crippen MR) is 140 cm³/mol. The Balaban J connectivity index is 1.31. The van der Waals surface area contributed by atoms with E-state index >= 15 is 0 Å². The molecule has 0 bridgehead atoms. The third kappa shape index (κ3) is 5.41. The van der Waals surface area contributed by atoms with Crippen LogP contribution in [0.5, 0.6) is 0 Å². The van der Waals surface area contributed by atoms with E-state index < -0.39 is 42.0 Å². The van der Waals surface area contributed by atoms with Crippen LogP contribution in [0.2, 0.25) is 0 Å². The molecule has 5 rings (SSSR count). The highest BCUT2D eigenvalue weighted by molar-refractivity contribution is 6.32. The Kier molecular flexibility index (Phi) is 6.96. The van der Waals surface area contributed by atoms with Crippen molar-refractivity contribution in [3.05, 3.63) is 71.0 Å². The minimum Gasteiger partial charge on any atom is -0.482 e. The average Bonchev–Trinajstić information content (AvgIpc) is 3.52. The molecule has 3 aliphatic rings. The van der Waals surface area contributed by atoms with Crippen LogP contribution in [0.4, 0.5) is 10.1 Å². The van der Waals surface area contributed by atoms with Crippen LogP contribution in [0.25, 0.3) is 11.1 Å². The molecule has 3 aliphatic heterocycles. The van der Waals surface area contributed by atoms with Crippen molar-refractivity contribution in [3.63, 3.8) is 0 Å². The second-order valence-corrected chi connectivity index (χ2v) is 10.4. The van der Waals surface area contributed by atoms with Gasteiger partial charge in [-0.3, -0.25) is 24.3 Å². The summed E-state index contributed by atoms with van der Waals surface area (Å²) < 4.78 is 20.1. The van der Waals surface area contributed by atoms with Crippen molar-refractivity contribution >= 4 is 34.6 Å². The first-order valence-corrected chi connectivity index (χ1v) is 12.7. The molecule has 1 aromatic carbocycles. The number of carboxylic acid groups (broad SMARTS) is 1. The van der Waals surface area contributed by atoms with Gasteiger partial charge in [-0.25, -0.2) is 4.39 Å². The van der Waals surface area contributed by atoms with Crippen molar-refractivity contribution in [3.8, 4) is 0 Å². The smallest absolute Gasteiger partial charge is 0.322 e. The van der Waals surface area contributed by atoms with Gasteiger partial charge in [0, 0.05) is 53.8 Å². The number of nitrogens with one attached hydrogen (secondary N) is 2. The van der Waals surface area contributed by atoms with Crippen LogP contribution in [-0.2, 0) is 25.5 Å². The Morgan fingerprint density at radius 2 is 2.08 bits per heavy atom. The molecule has 39 heavy (non-hydrogen) atoms. The fraction of sp³-hybridized carbons (Fsp3) is 0.357. The van der Waals surface area contributed by atoms with Crippen LogP contribution in [0, 0.1) is 5.82 Å². The number of aliphatic hydroxyl groups excluding tert-OH is 1. The number of carbonyl (C=O) groups excluding carboxylic acids is 2. The summed E-state index contributed by atoms with van der Waals surface area (Å²) in [6.45, 7) is 4.08. The minimum absolute atomic E-state index is 0.244. The first-order valence-electron chi connectivity index (χ1n) is 12.7. The number of halogens is 1. The Morgan fingerprint density at radius 1 is 1.28 bits per heavy atom. The molecule has 0 spiro atoms. The zero-order valence-corrected chi connectivity index (χ0v) is 21.5. The van der Waals surface area contributed by atoms with Gasteiger partial charge in [-0.2, -0.15) is 0 Å². The van der Waals surface area contributed by atoms with Gasteiger partial charge in [0.1, 0.15) is 23.7 Å². The van der Waals surface area contributed by atoms with Crippen LogP contribution in [0.3, 0.4) is 0 Å². The Labute approximate surface area is 224 Å². The van der Waals surface area contributed by atoms with E-state index in [-0.39, 0.29) is 17.9 Å². The minimum atomic E-state index is -1.13. The van der Waals surface area contributed by atoms with Crippen molar-refractivity contribution in [2.45, 2.75) is 44.4 Å². The maximum absolute atomic E-state index is 13.9. The van der Waals surface area contributed by atoms with Gasteiger partial charge in [0.25, 0.3) is 5.91 Å². The standard InChI is InChI=1S/C28H29FN4O6/c1-28(2)20(11-23(39-28)25-19-9-16(29)4-6-21(19)32-27(25)38)15-3-5-17(30-12-15)7-8-33-14-18(34)10-22(33)26(37)31-13-24(35)36/h3-6,9,11-12,18,22,34H,7-8,10,13-14H2,1-2H3,(H,31,37)(H,32,38)(H,35,36)/b25-23+/t18-,22+/m1/s1. The number of β-amino-alcohol motifs (C(OH)–C–C–N with tert-alkyl or cyclic N) is 1. The van der Waals surface area contributed by atoms with Gasteiger partial charge >= 0.3 is 5.97 Å². The molecular formula is C28H29FN4O6. The van der Waals surface area contributed by atoms with E-state index in [4.69, 9.17) is 9.84 Å². The lowest BCUT2D eigenvalue weighted by Crippen LogP contribution is -2.45. The van der Waals surface area contributed by atoms with Crippen LogP contribution in [-0.4, -0.2) is 75.3 Å². The van der Waals surface area contributed by atoms with Gasteiger partial charge in [0.15, 0.2) is 0 Å². The van der Waals surface area contributed by atoms with E-state index in [0.29, 0.717) is 36.5 Å². The molecule has 2 amide bonds. The molecule has 0 aliphatic carbocycles. The number of anilines is 1. The predicted octanol–water partition coefficient (Wildman–Crippen LogP) is 1.95. The lowest BCUT2D eigenvalue weighted by molar-refractivity contribution is -0.138. The fourth-order valence-corrected chi connectivity index (χ4v) is 5.27. The van der Waals surface area contributed by atoms with Gasteiger partial charge in [-0.1, -0.05) is 6.07 Å². The van der Waals surface area contributed by atoms with E-state index in [9.17, 15) is 23.9 Å². The van der Waals surface area contributed by atoms with Crippen LogP contribution >= 0.6 is 0 Å². The molecule has 11 heteroatoms. The number of pyridine rings is 1. The van der Waals surface area contributed by atoms with E-state index in [1.165, 1.54) is 18.2 Å². The molecule has 2 atom stereocenters. The number of rotatable bonds is 7. The first kappa shape index (κ1) is 26.5. The number of carboxylic acids is 1. The lowest BCUT2D eigenvalue weighted by atomic mass is 9.93. The molecule has 1 aromatic heterocycles. The number of likely N-dealkylation sites (tertiary alicyclic amines) is 1. The first-order chi connectivity index (χ1) is 18.5. The van der Waals surface area contributed by atoms with Gasteiger partial charge in [0.05, 0.1) is 17.7 Å². The molecule has 0 saturated carbocycles. The highest BCUT2D eigenvalue weighted by atomic mass is 19.1. The Bertz CT molecular complexity index is 1400. The number of allylic oxidation sites excluding steroid dienone is 1. The summed E-state index contributed by atoms with van der Waals surface area (Å²) in [5.74, 6) is -1.98. The van der Waals surface area contributed by atoms with Crippen molar-refractivity contribution in [2.24, 2.45) is 0 Å². The summed E-state index contributed by atoms with van der Waals surface area (Å²) in [6, 6.07) is 7.31. The maximum Gasteiger partial charge on any atom is 0.322 e. The van der Waals surface area contributed by atoms with Gasteiger partial charge < -0.3 is 25.6 Å². The van der Waals surface area contributed by atoms with Crippen molar-refractivity contribution in [1.29, 1.82) is 0 Å². The number of hydrogen-bond donors (Lipinski definition) is 4. The molecule has 4 heterocycles. The average molecular weight is 537 g/mol. The van der Waals surface area contributed by atoms with Gasteiger partial charge in [0.2, 0.25) is 5.91 Å². The maximum atomic E-state index is 13.9. The van der Waals surface area contributed by atoms with Crippen molar-refractivity contribution in [1.82, 2.24) is 15.2 Å². The van der Waals surface area contributed by atoms with E-state index in [1.54, 1.807) is 12.3 Å². The summed E-state index contributed by atoms with van der Waals surface area (Å²) in [6.07, 6.45) is 3.61. The van der Waals surface area contributed by atoms with Crippen molar-refractivity contribution < 1.29 is 33.7 Å². The molecule has 204 valence electrons. The summed E-state index contributed by atoms with van der Waals surface area (Å²) in [7, 11) is 0. The van der Waals surface area contributed by atoms with E-state index in [1.807, 2.05) is 30.9 Å². The number of aliphatic carboxylic acids is 1. The Morgan fingerprint density at radius 3 is 2.79 bits per heavy atom. The third-order valence-corrected chi connectivity index (χ3v) is 7.15. The highest BCUT2D eigenvalue weighted by Gasteiger charge is 2.38. The molecule has 0 unspecified atom stereocenters. The van der Waals surface area contributed by atoms with Gasteiger partial charge in [-0.15, -0.1) is 0 Å². The van der Waals surface area contributed by atoms with E-state index in [0.717, 1.165) is 16.8 Å². The number of aliphatic hydroxyl groups is 1. The monoisotopic (exact) mass is 536 g/mol. The molecule has 1 fully saturated rings. The van der Waals surface area contributed by atoms with Crippen molar-refractivity contribution in [2.75, 3.05) is 25.0 Å². The lowest BCUT2D eigenvalue weighted by Gasteiger charge is -2.24. The number of fused-ring (bicyclic) bond motifs is 1. The number of amides is 2. The number of carbonyl (C=O) groups is 3.